The van der Waals surface area contributed by atoms with E-state index in [4.69, 9.17) is 0 Å². The zero-order valence-corrected chi connectivity index (χ0v) is 10.8. The van der Waals surface area contributed by atoms with E-state index in [1.165, 1.54) is 6.08 Å². The second kappa shape index (κ2) is 4.57. The molecule has 0 spiro atoms. The van der Waals surface area contributed by atoms with Crippen LogP contribution in [0, 0.1) is 22.7 Å². The first-order chi connectivity index (χ1) is 6.81. The second-order valence-electron chi connectivity index (χ2n) is 6.04. The molecule has 4 heteroatoms. The Hall–Kier alpha value is -0.845. The van der Waals surface area contributed by atoms with E-state index in [9.17, 15) is 12.9 Å². The van der Waals surface area contributed by atoms with Crippen molar-refractivity contribution in [3.63, 3.8) is 0 Å². The average molecular weight is 231 g/mol. The molecule has 0 atom stereocenters. The van der Waals surface area contributed by atoms with Crippen LogP contribution in [0.15, 0.2) is 11.5 Å². The van der Waals surface area contributed by atoms with Crippen molar-refractivity contribution in [3.05, 3.63) is 11.5 Å². The lowest BCUT2D eigenvalue weighted by atomic mass is 9.75. The molecule has 0 aromatic rings. The van der Waals surface area contributed by atoms with Crippen molar-refractivity contribution in [2.75, 3.05) is 0 Å². The number of rotatable bonds is 1. The topological polar surface area (TPSA) is 0 Å². The van der Waals surface area contributed by atoms with Crippen LogP contribution in [-0.2, 0) is 0 Å². The van der Waals surface area contributed by atoms with Gasteiger partial charge in [0.2, 0.25) is 0 Å². The average Bonchev–Trinajstić information content (AvgIpc) is 1.91. The third-order valence-electron chi connectivity index (χ3n) is 1.52. The van der Waals surface area contributed by atoms with Gasteiger partial charge in [-0.2, -0.15) is 0 Å². The maximum atomic E-state index is 12.7. The fraction of sp³-hybridized carbons (Fsp3) is 0.667. The molecule has 0 N–H and O–H groups in total. The summed E-state index contributed by atoms with van der Waals surface area (Å²) in [6, 6.07) is 0. The Morgan fingerprint density at radius 2 is 1.44 bits per heavy atom. The maximum absolute atomic E-state index is 12.7. The molecule has 0 bridgehead atoms. The molecule has 0 aromatic carbocycles. The van der Waals surface area contributed by atoms with Gasteiger partial charge >= 0.3 is 6.98 Å². The Morgan fingerprint density at radius 3 is 1.69 bits per heavy atom. The van der Waals surface area contributed by atoms with Gasteiger partial charge < -0.3 is 12.9 Å². The van der Waals surface area contributed by atoms with E-state index in [2.05, 4.69) is 11.8 Å². The van der Waals surface area contributed by atoms with Crippen molar-refractivity contribution in [1.82, 2.24) is 0 Å². The number of allylic oxidation sites excluding steroid dienone is 2. The predicted molar refractivity (Wildman–Crippen MR) is 63.8 cm³/mol. The standard InChI is InChI=1S/C12H19BF3/c1-11(2,3)8-7-10(13(14,15)16)9-12(4,5)6/h9H,1-6H3/q-1/b10-9-. The molecule has 0 rings (SSSR count). The number of hydrogen-bond donors (Lipinski definition) is 0. The van der Waals surface area contributed by atoms with E-state index in [1.54, 1.807) is 41.5 Å². The molecule has 0 amide bonds. The summed E-state index contributed by atoms with van der Waals surface area (Å²) in [5, 5.41) is 0. The van der Waals surface area contributed by atoms with Crippen LogP contribution < -0.4 is 0 Å². The van der Waals surface area contributed by atoms with Crippen LogP contribution in [0.4, 0.5) is 12.9 Å². The highest BCUT2D eigenvalue weighted by Crippen LogP contribution is 2.26. The Balaban J connectivity index is 5.30. The van der Waals surface area contributed by atoms with Crippen LogP contribution in [-0.4, -0.2) is 6.98 Å². The Labute approximate surface area is 96.4 Å². The molecule has 0 aromatic heterocycles. The third kappa shape index (κ3) is 7.45. The third-order valence-corrected chi connectivity index (χ3v) is 1.52. The van der Waals surface area contributed by atoms with Crippen LogP contribution >= 0.6 is 0 Å². The summed E-state index contributed by atoms with van der Waals surface area (Å²) in [7, 11) is 0. The van der Waals surface area contributed by atoms with E-state index in [0.29, 0.717) is 0 Å². The van der Waals surface area contributed by atoms with Crippen molar-refractivity contribution < 1.29 is 12.9 Å². The van der Waals surface area contributed by atoms with Gasteiger partial charge in [0, 0.05) is 5.41 Å². The molecule has 0 fully saturated rings. The molecule has 0 heterocycles. The number of hydrogen-bond acceptors (Lipinski definition) is 0. The van der Waals surface area contributed by atoms with E-state index in [-0.39, 0.29) is 0 Å². The molecule has 0 unspecified atom stereocenters. The van der Waals surface area contributed by atoms with Gasteiger partial charge in [-0.15, -0.1) is 5.92 Å². The Kier molecular flexibility index (Phi) is 4.33. The van der Waals surface area contributed by atoms with Crippen LogP contribution in [0.25, 0.3) is 0 Å². The lowest BCUT2D eigenvalue weighted by Crippen LogP contribution is -2.21. The van der Waals surface area contributed by atoms with Gasteiger partial charge in [-0.1, -0.05) is 38.2 Å². The van der Waals surface area contributed by atoms with Gasteiger partial charge in [-0.05, 0) is 26.2 Å². The van der Waals surface area contributed by atoms with Crippen molar-refractivity contribution in [2.24, 2.45) is 10.8 Å². The highest BCUT2D eigenvalue weighted by atomic mass is 19.4. The largest absolute Gasteiger partial charge is 0.517 e. The summed E-state index contributed by atoms with van der Waals surface area (Å²) in [5.41, 5.74) is -1.63. The second-order valence-corrected chi connectivity index (χ2v) is 6.04. The van der Waals surface area contributed by atoms with E-state index < -0.39 is 23.3 Å². The Morgan fingerprint density at radius 1 is 1.00 bits per heavy atom. The zero-order chi connectivity index (χ0) is 13.2. The molecular weight excluding hydrogens is 212 g/mol. The van der Waals surface area contributed by atoms with Crippen LogP contribution in [0.3, 0.4) is 0 Å². The predicted octanol–water partition coefficient (Wildman–Crippen LogP) is 4.40. The van der Waals surface area contributed by atoms with Gasteiger partial charge in [0.05, 0.1) is 0 Å². The summed E-state index contributed by atoms with van der Waals surface area (Å²) in [4.78, 5) is 0. The summed E-state index contributed by atoms with van der Waals surface area (Å²) in [6.07, 6.45) is 1.20. The monoisotopic (exact) mass is 231 g/mol. The van der Waals surface area contributed by atoms with E-state index >= 15 is 0 Å². The highest BCUT2D eigenvalue weighted by Gasteiger charge is 2.29. The van der Waals surface area contributed by atoms with Gasteiger partial charge in [-0.25, -0.2) is 0 Å². The summed E-state index contributed by atoms with van der Waals surface area (Å²) >= 11 is 0. The summed E-state index contributed by atoms with van der Waals surface area (Å²) in [5.74, 6) is 4.90. The fourth-order valence-corrected chi connectivity index (χ4v) is 0.939. The minimum absolute atomic E-state index is 0.418. The van der Waals surface area contributed by atoms with Crippen molar-refractivity contribution in [1.29, 1.82) is 0 Å². The molecule has 0 radical (unpaired) electrons. The van der Waals surface area contributed by atoms with Crippen molar-refractivity contribution >= 4 is 6.98 Å². The molecular formula is C12H19BF3-. The van der Waals surface area contributed by atoms with Crippen LogP contribution in [0.1, 0.15) is 41.5 Å². The molecule has 0 aliphatic carbocycles. The minimum atomic E-state index is -5.02. The quantitative estimate of drug-likeness (QED) is 0.463. The molecule has 0 saturated carbocycles. The lowest BCUT2D eigenvalue weighted by Gasteiger charge is -2.21. The fourth-order valence-electron chi connectivity index (χ4n) is 0.939. The van der Waals surface area contributed by atoms with Gasteiger partial charge in [-0.3, -0.25) is 0 Å². The van der Waals surface area contributed by atoms with Gasteiger partial charge in [0.1, 0.15) is 0 Å². The van der Waals surface area contributed by atoms with E-state index in [0.717, 1.165) is 0 Å². The molecule has 0 saturated heterocycles. The molecule has 92 valence electrons. The lowest BCUT2D eigenvalue weighted by molar-refractivity contribution is 0.485. The van der Waals surface area contributed by atoms with Crippen molar-refractivity contribution in [2.45, 2.75) is 41.5 Å². The maximum Gasteiger partial charge on any atom is 0.517 e. The first-order valence-electron chi connectivity index (χ1n) is 5.27. The SMILES string of the molecule is CC(C)(C)C#C/C(=C/C(C)(C)C)[B-](F)(F)F. The first kappa shape index (κ1) is 15.2. The molecule has 16 heavy (non-hydrogen) atoms. The summed E-state index contributed by atoms with van der Waals surface area (Å²) in [6.45, 7) is 5.54. The number of halogens is 3. The van der Waals surface area contributed by atoms with Crippen molar-refractivity contribution in [3.8, 4) is 11.8 Å². The van der Waals surface area contributed by atoms with Crippen LogP contribution in [0.2, 0.25) is 0 Å². The normalized spacial score (nSPS) is 14.4. The van der Waals surface area contributed by atoms with Crippen LogP contribution in [0.5, 0.6) is 0 Å². The smallest absolute Gasteiger partial charge is 0.444 e. The zero-order valence-electron chi connectivity index (χ0n) is 10.8. The Bertz CT molecular complexity index is 326. The minimum Gasteiger partial charge on any atom is -0.444 e. The first-order valence-corrected chi connectivity index (χ1v) is 5.27. The molecule has 0 aliphatic rings. The van der Waals surface area contributed by atoms with Gasteiger partial charge in [0.25, 0.3) is 0 Å². The molecule has 0 nitrogen and oxygen atoms in total. The summed E-state index contributed by atoms with van der Waals surface area (Å²) < 4.78 is 38.2. The van der Waals surface area contributed by atoms with E-state index in [1.807, 2.05) is 0 Å². The van der Waals surface area contributed by atoms with Gasteiger partial charge in [0.15, 0.2) is 0 Å². The highest BCUT2D eigenvalue weighted by molar-refractivity contribution is 6.68. The molecule has 0 aliphatic heterocycles.